The molecule has 0 aliphatic carbocycles. The van der Waals surface area contributed by atoms with Crippen molar-refractivity contribution in [3.63, 3.8) is 0 Å². The molecule has 1 fully saturated rings. The summed E-state index contributed by atoms with van der Waals surface area (Å²) >= 11 is -1.27. The zero-order valence-electron chi connectivity index (χ0n) is 18.5. The molecular formula is C21H34FN3O3S. The van der Waals surface area contributed by atoms with E-state index in [2.05, 4.69) is 14.9 Å². The molecule has 6 nitrogen and oxygen atoms in total. The fourth-order valence-electron chi connectivity index (χ4n) is 3.02. The summed E-state index contributed by atoms with van der Waals surface area (Å²) in [6.45, 7) is 14.3. The number of halogens is 1. The summed E-state index contributed by atoms with van der Waals surface area (Å²) < 4.78 is 34.4. The highest BCUT2D eigenvalue weighted by atomic mass is 32.2. The average Bonchev–Trinajstić information content (AvgIpc) is 2.52. The number of ether oxygens (including phenoxy) is 1. The second kappa shape index (κ2) is 9.10. The third-order valence-electron chi connectivity index (χ3n) is 4.63. The van der Waals surface area contributed by atoms with Gasteiger partial charge in [-0.3, -0.25) is 0 Å². The topological polar surface area (TPSA) is 76.7 Å². The fraction of sp³-hybridized carbons (Fsp3) is 0.667. The molecule has 1 amide bonds. The van der Waals surface area contributed by atoms with Crippen LogP contribution in [0.5, 0.6) is 0 Å². The van der Waals surface area contributed by atoms with E-state index in [0.717, 1.165) is 24.2 Å². The number of carbonyl (C=O) groups excluding carboxylic acids is 1. The van der Waals surface area contributed by atoms with Crippen LogP contribution in [-0.2, 0) is 16.1 Å². The largest absolute Gasteiger partial charge is 0.598 e. The Labute approximate surface area is 176 Å². The maximum atomic E-state index is 14.0. The van der Waals surface area contributed by atoms with Crippen LogP contribution in [0.25, 0.3) is 0 Å². The van der Waals surface area contributed by atoms with Gasteiger partial charge in [-0.25, -0.2) is 9.18 Å². The van der Waals surface area contributed by atoms with Crippen LogP contribution in [0.3, 0.4) is 0 Å². The lowest BCUT2D eigenvalue weighted by Gasteiger charge is -2.44. The molecule has 8 heteroatoms. The van der Waals surface area contributed by atoms with Crippen LogP contribution in [0.1, 0.15) is 66.5 Å². The molecule has 0 aromatic heterocycles. The van der Waals surface area contributed by atoms with E-state index in [0.29, 0.717) is 6.54 Å². The summed E-state index contributed by atoms with van der Waals surface area (Å²) in [4.78, 5) is 14.1. The molecule has 1 aromatic rings. The first-order valence-corrected chi connectivity index (χ1v) is 11.1. The van der Waals surface area contributed by atoms with Crippen molar-refractivity contribution in [2.45, 2.75) is 77.3 Å². The fourth-order valence-corrected chi connectivity index (χ4v) is 3.82. The van der Waals surface area contributed by atoms with Gasteiger partial charge in [0.1, 0.15) is 16.2 Å². The molecule has 1 aliphatic rings. The molecule has 1 aromatic carbocycles. The lowest BCUT2D eigenvalue weighted by Crippen LogP contribution is -2.54. The molecule has 0 bridgehead atoms. The molecule has 29 heavy (non-hydrogen) atoms. The Morgan fingerprint density at radius 2 is 2.00 bits per heavy atom. The Hall–Kier alpha value is -1.51. The smallest absolute Gasteiger partial charge is 0.407 e. The van der Waals surface area contributed by atoms with Gasteiger partial charge in [-0.1, -0.05) is 0 Å². The second-order valence-corrected chi connectivity index (χ2v) is 11.4. The number of hydrogen-bond donors (Lipinski definition) is 2. The van der Waals surface area contributed by atoms with Gasteiger partial charge in [0, 0.05) is 36.2 Å². The number of carbonyl (C=O) groups is 1. The molecule has 1 aliphatic heterocycles. The number of amides is 1. The van der Waals surface area contributed by atoms with Crippen molar-refractivity contribution in [1.82, 2.24) is 10.0 Å². The summed E-state index contributed by atoms with van der Waals surface area (Å²) in [5.74, 6) is -0.331. The summed E-state index contributed by atoms with van der Waals surface area (Å²) in [6, 6.07) is 4.49. The Kier molecular flexibility index (Phi) is 7.46. The van der Waals surface area contributed by atoms with Crippen molar-refractivity contribution in [2.24, 2.45) is 0 Å². The number of hydrogen-bond acceptors (Lipinski definition) is 5. The number of rotatable bonds is 6. The summed E-state index contributed by atoms with van der Waals surface area (Å²) in [5.41, 5.74) is 1.10. The molecule has 1 saturated heterocycles. The van der Waals surface area contributed by atoms with Crippen LogP contribution in [0, 0.1) is 5.82 Å². The van der Waals surface area contributed by atoms with E-state index in [-0.39, 0.29) is 17.9 Å². The third-order valence-corrected chi connectivity index (χ3v) is 6.31. The second-order valence-electron chi connectivity index (χ2n) is 9.44. The lowest BCUT2D eigenvalue weighted by atomic mass is 9.97. The molecule has 2 N–H and O–H groups in total. The van der Waals surface area contributed by atoms with Gasteiger partial charge in [0.25, 0.3) is 0 Å². The van der Waals surface area contributed by atoms with Crippen LogP contribution in [0.4, 0.5) is 14.9 Å². The number of alkyl carbamates (subject to hydrolysis) is 1. The molecule has 2 rings (SSSR count). The average molecular weight is 428 g/mol. The molecular weight excluding hydrogens is 393 g/mol. The predicted molar refractivity (Wildman–Crippen MR) is 116 cm³/mol. The van der Waals surface area contributed by atoms with Crippen LogP contribution < -0.4 is 14.9 Å². The Bertz CT molecular complexity index is 718. The first-order valence-electron chi connectivity index (χ1n) is 9.99. The van der Waals surface area contributed by atoms with Gasteiger partial charge in [0.15, 0.2) is 0 Å². The molecule has 3 atom stereocenters. The Balaban J connectivity index is 2.09. The van der Waals surface area contributed by atoms with Gasteiger partial charge in [0.05, 0.1) is 6.04 Å². The summed E-state index contributed by atoms with van der Waals surface area (Å²) in [7, 11) is 0. The van der Waals surface area contributed by atoms with Gasteiger partial charge < -0.3 is 19.5 Å². The summed E-state index contributed by atoms with van der Waals surface area (Å²) in [5, 5.41) is 2.81. The SMILES string of the molecule is CC(N[S@+]([O-])C(C)(C)C)c1cc(F)ccc1N1CCC1CNC(=O)OC(C)(C)C. The van der Waals surface area contributed by atoms with E-state index in [4.69, 9.17) is 4.74 Å². The van der Waals surface area contributed by atoms with Crippen LogP contribution in [0.2, 0.25) is 0 Å². The zero-order chi connectivity index (χ0) is 22.0. The highest BCUT2D eigenvalue weighted by Gasteiger charge is 2.33. The quantitative estimate of drug-likeness (QED) is 0.670. The van der Waals surface area contributed by atoms with E-state index in [1.165, 1.54) is 12.1 Å². The normalized spacial score (nSPS) is 19.3. The first kappa shape index (κ1) is 23.8. The Morgan fingerprint density at radius 1 is 1.34 bits per heavy atom. The van der Waals surface area contributed by atoms with E-state index >= 15 is 0 Å². The number of anilines is 1. The zero-order valence-corrected chi connectivity index (χ0v) is 19.3. The van der Waals surface area contributed by atoms with Gasteiger partial charge in [-0.05, 0) is 78.6 Å². The number of nitrogens with zero attached hydrogens (tertiary/aromatic N) is 1. The first-order chi connectivity index (χ1) is 13.3. The monoisotopic (exact) mass is 427 g/mol. The molecule has 0 spiro atoms. The standard InChI is InChI=1S/C21H34FN3O3S/c1-14(24-29(27)21(5,6)7)17-12-15(22)8-9-18(17)25-11-10-16(25)13-23-19(26)28-20(2,3)4/h8-9,12,14,16,24H,10-11,13H2,1-7H3,(H,23,26)/t14?,16?,29-/m1/s1. The van der Waals surface area contributed by atoms with E-state index in [1.807, 2.05) is 48.5 Å². The van der Waals surface area contributed by atoms with Crippen molar-refractivity contribution in [2.75, 3.05) is 18.0 Å². The molecule has 2 unspecified atom stereocenters. The van der Waals surface area contributed by atoms with Crippen molar-refractivity contribution in [3.05, 3.63) is 29.6 Å². The van der Waals surface area contributed by atoms with Gasteiger partial charge in [-0.15, -0.1) is 4.72 Å². The lowest BCUT2D eigenvalue weighted by molar-refractivity contribution is 0.0521. The maximum absolute atomic E-state index is 14.0. The van der Waals surface area contributed by atoms with Crippen molar-refractivity contribution in [1.29, 1.82) is 0 Å². The number of benzene rings is 1. The van der Waals surface area contributed by atoms with Crippen molar-refractivity contribution < 1.29 is 18.5 Å². The van der Waals surface area contributed by atoms with Crippen molar-refractivity contribution in [3.8, 4) is 0 Å². The minimum Gasteiger partial charge on any atom is -0.598 e. The molecule has 0 radical (unpaired) electrons. The van der Waals surface area contributed by atoms with Gasteiger partial charge in [0.2, 0.25) is 0 Å². The predicted octanol–water partition coefficient (Wildman–Crippen LogP) is 4.04. The number of nitrogens with one attached hydrogen (secondary N) is 2. The van der Waals surface area contributed by atoms with E-state index in [9.17, 15) is 13.7 Å². The molecule has 1 heterocycles. The van der Waals surface area contributed by atoms with E-state index < -0.39 is 27.8 Å². The van der Waals surface area contributed by atoms with Crippen LogP contribution in [0.15, 0.2) is 18.2 Å². The van der Waals surface area contributed by atoms with Gasteiger partial charge in [-0.2, -0.15) is 0 Å². The minimum atomic E-state index is -1.27. The molecule has 164 valence electrons. The van der Waals surface area contributed by atoms with Gasteiger partial charge >= 0.3 is 6.09 Å². The Morgan fingerprint density at radius 3 is 2.52 bits per heavy atom. The third kappa shape index (κ3) is 6.76. The highest BCUT2D eigenvalue weighted by Crippen LogP contribution is 2.34. The van der Waals surface area contributed by atoms with Crippen LogP contribution >= 0.6 is 0 Å². The highest BCUT2D eigenvalue weighted by molar-refractivity contribution is 7.90. The van der Waals surface area contributed by atoms with Crippen molar-refractivity contribution >= 4 is 23.1 Å². The minimum absolute atomic E-state index is 0.104. The van der Waals surface area contributed by atoms with Crippen LogP contribution in [-0.4, -0.2) is 40.1 Å². The van der Waals surface area contributed by atoms with E-state index in [1.54, 1.807) is 6.07 Å². The maximum Gasteiger partial charge on any atom is 0.407 e. The summed E-state index contributed by atoms with van der Waals surface area (Å²) in [6.07, 6.45) is 0.474. The molecule has 0 saturated carbocycles.